The average molecular weight is 482 g/mol. The zero-order valence-corrected chi connectivity index (χ0v) is 20.6. The molecule has 0 aliphatic heterocycles. The number of urea groups is 1. The van der Waals surface area contributed by atoms with Gasteiger partial charge in [0.1, 0.15) is 12.3 Å². The van der Waals surface area contributed by atoms with Gasteiger partial charge in [0.25, 0.3) is 0 Å². The Bertz CT molecular complexity index is 1070. The number of para-hydroxylation sites is 2. The van der Waals surface area contributed by atoms with Gasteiger partial charge in [-0.2, -0.15) is 0 Å². The summed E-state index contributed by atoms with van der Waals surface area (Å²) in [4.78, 5) is 31.0. The van der Waals surface area contributed by atoms with Crippen molar-refractivity contribution in [2.75, 3.05) is 39.2 Å². The summed E-state index contributed by atoms with van der Waals surface area (Å²) in [5.74, 6) is 0.413. The number of hydrogen-bond donors (Lipinski definition) is 1. The fourth-order valence-electron chi connectivity index (χ4n) is 3.43. The number of hydrogen-bond acceptors (Lipinski definition) is 5. The maximum absolute atomic E-state index is 13.5. The van der Waals surface area contributed by atoms with Crippen molar-refractivity contribution in [2.45, 2.75) is 20.0 Å². The molecule has 8 heteroatoms. The molecular formula is C26H31N3O4S. The van der Waals surface area contributed by atoms with Crippen LogP contribution in [0.4, 0.5) is 10.5 Å². The zero-order chi connectivity index (χ0) is 24.3. The van der Waals surface area contributed by atoms with Crippen LogP contribution in [0.1, 0.15) is 16.0 Å². The zero-order valence-electron chi connectivity index (χ0n) is 19.8. The monoisotopic (exact) mass is 481 g/mol. The summed E-state index contributed by atoms with van der Waals surface area (Å²) in [6.07, 6.45) is 0. The molecule has 2 aromatic carbocycles. The summed E-state index contributed by atoms with van der Waals surface area (Å²) in [7, 11) is 3.12. The first kappa shape index (κ1) is 25.3. The van der Waals surface area contributed by atoms with Crippen LogP contribution >= 0.6 is 11.3 Å². The van der Waals surface area contributed by atoms with Crippen LogP contribution in [0.15, 0.2) is 66.0 Å². The summed E-state index contributed by atoms with van der Waals surface area (Å²) in [5.41, 5.74) is 2.73. The van der Waals surface area contributed by atoms with E-state index in [4.69, 9.17) is 9.47 Å². The molecule has 180 valence electrons. The first-order valence-corrected chi connectivity index (χ1v) is 11.9. The maximum atomic E-state index is 13.5. The molecule has 0 radical (unpaired) electrons. The lowest BCUT2D eigenvalue weighted by atomic mass is 10.2. The molecule has 3 rings (SSSR count). The molecule has 1 N–H and O–H groups in total. The number of nitrogens with one attached hydrogen (secondary N) is 1. The van der Waals surface area contributed by atoms with Crippen molar-refractivity contribution >= 4 is 29.0 Å². The second-order valence-electron chi connectivity index (χ2n) is 7.81. The van der Waals surface area contributed by atoms with Crippen LogP contribution in [-0.2, 0) is 22.6 Å². The van der Waals surface area contributed by atoms with E-state index in [0.29, 0.717) is 31.1 Å². The van der Waals surface area contributed by atoms with E-state index >= 15 is 0 Å². The van der Waals surface area contributed by atoms with Crippen molar-refractivity contribution in [3.05, 3.63) is 82.0 Å². The highest BCUT2D eigenvalue weighted by molar-refractivity contribution is 7.10. The topological polar surface area (TPSA) is 71.1 Å². The van der Waals surface area contributed by atoms with E-state index in [9.17, 15) is 9.59 Å². The first-order chi connectivity index (χ1) is 16.5. The molecule has 0 saturated carbocycles. The van der Waals surface area contributed by atoms with Gasteiger partial charge in [-0.3, -0.25) is 4.79 Å². The number of amides is 3. The minimum atomic E-state index is -0.387. The van der Waals surface area contributed by atoms with Crippen molar-refractivity contribution in [3.8, 4) is 5.75 Å². The van der Waals surface area contributed by atoms with Crippen LogP contribution in [0.25, 0.3) is 0 Å². The minimum Gasteiger partial charge on any atom is -0.495 e. The van der Waals surface area contributed by atoms with Crippen molar-refractivity contribution in [1.29, 1.82) is 0 Å². The summed E-state index contributed by atoms with van der Waals surface area (Å²) >= 11 is 1.63. The van der Waals surface area contributed by atoms with E-state index < -0.39 is 0 Å². The van der Waals surface area contributed by atoms with Gasteiger partial charge < -0.3 is 24.6 Å². The standard InChI is InChI=1S/C26H31N3O4S/c1-20-13-16-34-24(20)18-29(17-21-9-5-4-6-10-21)25(30)19-28(14-15-32-2)26(31)27-22-11-7-8-12-23(22)33-3/h4-13,16H,14-15,17-19H2,1-3H3,(H,27,31). The minimum absolute atomic E-state index is 0.0679. The van der Waals surface area contributed by atoms with Crippen LogP contribution in [0.2, 0.25) is 0 Å². The van der Waals surface area contributed by atoms with Crippen molar-refractivity contribution in [3.63, 3.8) is 0 Å². The third-order valence-corrected chi connectivity index (χ3v) is 6.41. The Morgan fingerprint density at radius 3 is 2.35 bits per heavy atom. The second-order valence-corrected chi connectivity index (χ2v) is 8.81. The van der Waals surface area contributed by atoms with E-state index in [-0.39, 0.29) is 25.0 Å². The lowest BCUT2D eigenvalue weighted by Gasteiger charge is -2.28. The fraction of sp³-hybridized carbons (Fsp3) is 0.308. The molecule has 0 aliphatic carbocycles. The highest BCUT2D eigenvalue weighted by Crippen LogP contribution is 2.24. The quantitative estimate of drug-likeness (QED) is 0.428. The lowest BCUT2D eigenvalue weighted by Crippen LogP contribution is -2.45. The number of ether oxygens (including phenoxy) is 2. The molecule has 3 aromatic rings. The smallest absolute Gasteiger partial charge is 0.322 e. The largest absolute Gasteiger partial charge is 0.495 e. The van der Waals surface area contributed by atoms with E-state index in [1.54, 1.807) is 42.6 Å². The molecule has 0 saturated heterocycles. The van der Waals surface area contributed by atoms with Crippen LogP contribution in [-0.4, -0.2) is 55.7 Å². The highest BCUT2D eigenvalue weighted by Gasteiger charge is 2.23. The number of carbonyl (C=O) groups is 2. The van der Waals surface area contributed by atoms with E-state index in [1.807, 2.05) is 54.8 Å². The summed E-state index contributed by atoms with van der Waals surface area (Å²) in [5, 5.41) is 4.89. The number of anilines is 1. The Morgan fingerprint density at radius 1 is 0.941 bits per heavy atom. The molecule has 1 aromatic heterocycles. The second kappa shape index (κ2) is 12.8. The molecule has 7 nitrogen and oxygen atoms in total. The van der Waals surface area contributed by atoms with Crippen LogP contribution in [0.3, 0.4) is 0 Å². The Balaban J connectivity index is 1.77. The van der Waals surface area contributed by atoms with Gasteiger partial charge in [0.15, 0.2) is 0 Å². The molecule has 34 heavy (non-hydrogen) atoms. The molecule has 0 atom stereocenters. The van der Waals surface area contributed by atoms with Gasteiger partial charge in [0.05, 0.1) is 25.9 Å². The molecule has 1 heterocycles. The molecule has 0 unspecified atom stereocenters. The van der Waals surface area contributed by atoms with E-state index in [2.05, 4.69) is 11.4 Å². The maximum Gasteiger partial charge on any atom is 0.322 e. The Labute approximate surface area is 204 Å². The number of nitrogens with zero attached hydrogens (tertiary/aromatic N) is 2. The molecule has 3 amide bonds. The summed E-state index contributed by atoms with van der Waals surface area (Å²) < 4.78 is 10.5. The van der Waals surface area contributed by atoms with Crippen LogP contribution < -0.4 is 10.1 Å². The molecule has 0 fully saturated rings. The highest BCUT2D eigenvalue weighted by atomic mass is 32.1. The predicted molar refractivity (Wildman–Crippen MR) is 135 cm³/mol. The molecule has 0 spiro atoms. The summed E-state index contributed by atoms with van der Waals surface area (Å²) in [6, 6.07) is 18.7. The fourth-order valence-corrected chi connectivity index (χ4v) is 4.36. The van der Waals surface area contributed by atoms with Crippen LogP contribution in [0.5, 0.6) is 5.75 Å². The average Bonchev–Trinajstić information content (AvgIpc) is 3.26. The Morgan fingerprint density at radius 2 is 1.68 bits per heavy atom. The third-order valence-electron chi connectivity index (χ3n) is 5.40. The van der Waals surface area contributed by atoms with Gasteiger partial charge in [-0.05, 0) is 41.6 Å². The van der Waals surface area contributed by atoms with Crippen LogP contribution in [0, 0.1) is 6.92 Å². The molecular weight excluding hydrogens is 450 g/mol. The van der Waals surface area contributed by atoms with Gasteiger partial charge in [-0.25, -0.2) is 4.79 Å². The number of rotatable bonds is 11. The number of benzene rings is 2. The van der Waals surface area contributed by atoms with Gasteiger partial charge >= 0.3 is 6.03 Å². The van der Waals surface area contributed by atoms with Crippen molar-refractivity contribution in [2.24, 2.45) is 0 Å². The van der Waals surface area contributed by atoms with Crippen molar-refractivity contribution in [1.82, 2.24) is 9.80 Å². The van der Waals surface area contributed by atoms with Crippen molar-refractivity contribution < 1.29 is 19.1 Å². The number of aryl methyl sites for hydroxylation is 1. The van der Waals surface area contributed by atoms with E-state index in [1.165, 1.54) is 4.90 Å². The molecule has 0 bridgehead atoms. The third kappa shape index (κ3) is 7.07. The van der Waals surface area contributed by atoms with Gasteiger partial charge in [0.2, 0.25) is 5.91 Å². The number of thiophene rings is 1. The first-order valence-electron chi connectivity index (χ1n) is 11.0. The lowest BCUT2D eigenvalue weighted by molar-refractivity contribution is -0.133. The van der Waals surface area contributed by atoms with Gasteiger partial charge in [-0.1, -0.05) is 42.5 Å². The SMILES string of the molecule is COCCN(CC(=O)N(Cc1ccccc1)Cc1sccc1C)C(=O)Nc1ccccc1OC. The molecule has 0 aliphatic rings. The predicted octanol–water partition coefficient (Wildman–Crippen LogP) is 4.77. The van der Waals surface area contributed by atoms with Gasteiger partial charge in [-0.15, -0.1) is 11.3 Å². The van der Waals surface area contributed by atoms with E-state index in [0.717, 1.165) is 16.0 Å². The van der Waals surface area contributed by atoms with Gasteiger partial charge in [0, 0.05) is 25.1 Å². The Kier molecular flexibility index (Phi) is 9.49. The summed E-state index contributed by atoms with van der Waals surface area (Å²) in [6.45, 7) is 3.52. The Hall–Kier alpha value is -3.36. The number of carbonyl (C=O) groups excluding carboxylic acids is 2. The number of methoxy groups -OCH3 is 2. The normalized spacial score (nSPS) is 10.6.